The molecule has 0 aromatic heterocycles. The normalized spacial score (nSPS) is 18.1. The summed E-state index contributed by atoms with van der Waals surface area (Å²) in [6, 6.07) is 18.1. The van der Waals surface area contributed by atoms with Crippen molar-refractivity contribution in [2.24, 2.45) is 5.92 Å². The van der Waals surface area contributed by atoms with E-state index in [1.165, 1.54) is 36.4 Å². The molecule has 1 fully saturated rings. The number of hydrogen-bond donors (Lipinski definition) is 1. The number of esters is 1. The average Bonchev–Trinajstić information content (AvgIpc) is 2.87. The monoisotopic (exact) mass is 523 g/mol. The Labute approximate surface area is 220 Å². The van der Waals surface area contributed by atoms with Crippen LogP contribution in [0.3, 0.4) is 0 Å². The van der Waals surface area contributed by atoms with Crippen LogP contribution in [0.1, 0.15) is 56.9 Å². The van der Waals surface area contributed by atoms with Crippen molar-refractivity contribution in [3.8, 4) is 5.75 Å². The van der Waals surface area contributed by atoms with E-state index in [2.05, 4.69) is 0 Å². The van der Waals surface area contributed by atoms with E-state index in [1.54, 1.807) is 49.9 Å². The third kappa shape index (κ3) is 6.55. The van der Waals surface area contributed by atoms with Crippen LogP contribution in [0.2, 0.25) is 0 Å². The Morgan fingerprint density at radius 3 is 2.11 bits per heavy atom. The fourth-order valence-electron chi connectivity index (χ4n) is 4.56. The van der Waals surface area contributed by atoms with Gasteiger partial charge in [-0.05, 0) is 93.3 Å². The number of carbonyl (C=O) groups is 2. The van der Waals surface area contributed by atoms with Crippen LogP contribution >= 0.6 is 0 Å². The number of anilines is 1. The Kier molecular flexibility index (Phi) is 8.11. The van der Waals surface area contributed by atoms with Gasteiger partial charge in [0.2, 0.25) is 5.91 Å². The third-order valence-corrected chi connectivity index (χ3v) is 6.32. The quantitative estimate of drug-likeness (QED) is 0.279. The molecule has 0 spiro atoms. The van der Waals surface area contributed by atoms with Crippen molar-refractivity contribution < 1.29 is 33.0 Å². The first-order chi connectivity index (χ1) is 18.0. The Bertz CT molecular complexity index is 1250. The molecule has 0 bridgehead atoms. The molecule has 8 heteroatoms. The second kappa shape index (κ2) is 11.3. The highest BCUT2D eigenvalue weighted by Gasteiger charge is 2.48. The Balaban J connectivity index is 1.48. The molecule has 1 aliphatic rings. The summed E-state index contributed by atoms with van der Waals surface area (Å²) in [5, 5.41) is 10.6. The Morgan fingerprint density at radius 2 is 1.53 bits per heavy atom. The largest absolute Gasteiger partial charge is 0.482 e. The number of rotatable bonds is 9. The molecule has 3 aromatic carbocycles. The van der Waals surface area contributed by atoms with Gasteiger partial charge in [0.05, 0.1) is 18.1 Å². The molecule has 0 radical (unpaired) electrons. The maximum Gasteiger partial charge on any atom is 0.344 e. The van der Waals surface area contributed by atoms with Crippen molar-refractivity contribution >= 4 is 17.6 Å². The van der Waals surface area contributed by atoms with Crippen molar-refractivity contribution in [1.29, 1.82) is 0 Å². The zero-order valence-electron chi connectivity index (χ0n) is 21.6. The zero-order valence-corrected chi connectivity index (χ0v) is 21.6. The molecule has 3 atom stereocenters. The average molecular weight is 524 g/mol. The molecule has 4 rings (SSSR count). The lowest BCUT2D eigenvalue weighted by molar-refractivity contribution is -0.157. The van der Waals surface area contributed by atoms with Crippen molar-refractivity contribution in [3.05, 3.63) is 95.6 Å². The molecule has 200 valence electrons. The van der Waals surface area contributed by atoms with Crippen LogP contribution in [0, 0.1) is 17.6 Å². The lowest BCUT2D eigenvalue weighted by Gasteiger charge is -2.48. The van der Waals surface area contributed by atoms with Gasteiger partial charge >= 0.3 is 5.97 Å². The van der Waals surface area contributed by atoms with Crippen molar-refractivity contribution in [1.82, 2.24) is 0 Å². The van der Waals surface area contributed by atoms with Gasteiger partial charge in [-0.15, -0.1) is 0 Å². The molecule has 0 unspecified atom stereocenters. The lowest BCUT2D eigenvalue weighted by Crippen LogP contribution is -2.55. The summed E-state index contributed by atoms with van der Waals surface area (Å²) in [5.41, 5.74) is 1.38. The molecule has 1 heterocycles. The maximum absolute atomic E-state index is 13.5. The number of carbonyl (C=O) groups excluding carboxylic acids is 2. The molecule has 6 nitrogen and oxygen atoms in total. The smallest absolute Gasteiger partial charge is 0.344 e. The van der Waals surface area contributed by atoms with Gasteiger partial charge in [0.25, 0.3) is 0 Å². The molecule has 38 heavy (non-hydrogen) atoms. The van der Waals surface area contributed by atoms with Gasteiger partial charge in [-0.2, -0.15) is 0 Å². The van der Waals surface area contributed by atoms with Crippen LogP contribution in [0.25, 0.3) is 0 Å². The molecule has 0 saturated carbocycles. The second-order valence-electron chi connectivity index (χ2n) is 10.3. The molecule has 1 N–H and O–H groups in total. The first kappa shape index (κ1) is 27.3. The van der Waals surface area contributed by atoms with E-state index in [1.807, 2.05) is 12.1 Å². The number of amides is 1. The van der Waals surface area contributed by atoms with Crippen molar-refractivity contribution in [2.45, 2.75) is 51.4 Å². The van der Waals surface area contributed by atoms with Gasteiger partial charge in [-0.3, -0.25) is 4.79 Å². The topological polar surface area (TPSA) is 76.1 Å². The molecule has 0 aliphatic carbocycles. The highest BCUT2D eigenvalue weighted by molar-refractivity contribution is 6.03. The fourth-order valence-corrected chi connectivity index (χ4v) is 4.56. The summed E-state index contributed by atoms with van der Waals surface area (Å²) in [6.45, 7) is 5.11. The van der Waals surface area contributed by atoms with Crippen LogP contribution in [0.15, 0.2) is 72.8 Å². The van der Waals surface area contributed by atoms with Gasteiger partial charge in [0.1, 0.15) is 23.0 Å². The highest BCUT2D eigenvalue weighted by atomic mass is 19.1. The van der Waals surface area contributed by atoms with Crippen LogP contribution < -0.4 is 9.64 Å². The molecule has 1 saturated heterocycles. The number of halogens is 2. The van der Waals surface area contributed by atoms with E-state index in [0.29, 0.717) is 29.8 Å². The van der Waals surface area contributed by atoms with E-state index < -0.39 is 29.4 Å². The first-order valence-corrected chi connectivity index (χ1v) is 12.5. The number of hydrogen-bond acceptors (Lipinski definition) is 5. The minimum Gasteiger partial charge on any atom is -0.482 e. The van der Waals surface area contributed by atoms with E-state index in [-0.39, 0.29) is 24.4 Å². The Morgan fingerprint density at radius 1 is 0.947 bits per heavy atom. The van der Waals surface area contributed by atoms with Gasteiger partial charge in [-0.25, -0.2) is 13.6 Å². The van der Waals surface area contributed by atoms with E-state index in [9.17, 15) is 23.5 Å². The number of aliphatic hydroxyl groups is 1. The standard InChI is InChI=1S/C30H31F2NO5/c1-30(2,3)38-27(35)18-37-24-14-6-20(7-15-24)28-25(16-17-26(34)19-4-8-21(31)9-5-19)29(36)33(28)23-12-10-22(32)11-13-23/h4-15,25-26,28,34H,16-18H2,1-3H3/t25-,26+,28-/m1/s1. The number of aliphatic hydroxyl groups excluding tert-OH is 1. The van der Waals surface area contributed by atoms with Crippen LogP contribution in [0.5, 0.6) is 5.75 Å². The summed E-state index contributed by atoms with van der Waals surface area (Å²) in [4.78, 5) is 26.8. The molecule has 1 amide bonds. The van der Waals surface area contributed by atoms with Gasteiger partial charge < -0.3 is 19.5 Å². The van der Waals surface area contributed by atoms with E-state index in [4.69, 9.17) is 9.47 Å². The summed E-state index contributed by atoms with van der Waals surface area (Å²) >= 11 is 0. The van der Waals surface area contributed by atoms with Crippen LogP contribution in [-0.4, -0.2) is 29.2 Å². The molecular weight excluding hydrogens is 492 g/mol. The van der Waals surface area contributed by atoms with Gasteiger partial charge in [-0.1, -0.05) is 24.3 Å². The number of ether oxygens (including phenoxy) is 2. The minimum absolute atomic E-state index is 0.127. The predicted molar refractivity (Wildman–Crippen MR) is 138 cm³/mol. The van der Waals surface area contributed by atoms with E-state index >= 15 is 0 Å². The van der Waals surface area contributed by atoms with Crippen LogP contribution in [-0.2, 0) is 14.3 Å². The SMILES string of the molecule is CC(C)(C)OC(=O)COc1ccc([C@@H]2[C@@H](CC[C@H](O)c3ccc(F)cc3)C(=O)N2c2ccc(F)cc2)cc1. The number of nitrogens with zero attached hydrogens (tertiary/aromatic N) is 1. The lowest BCUT2D eigenvalue weighted by atomic mass is 9.78. The fraction of sp³-hybridized carbons (Fsp3) is 0.333. The number of β-lactam (4-membered cyclic amide) rings is 1. The predicted octanol–water partition coefficient (Wildman–Crippen LogP) is 5.90. The Hall–Kier alpha value is -3.78. The van der Waals surface area contributed by atoms with E-state index in [0.717, 1.165) is 5.56 Å². The molecular formula is C30H31F2NO5. The first-order valence-electron chi connectivity index (χ1n) is 12.5. The second-order valence-corrected chi connectivity index (χ2v) is 10.3. The van der Waals surface area contributed by atoms with Gasteiger partial charge in [0.15, 0.2) is 6.61 Å². The van der Waals surface area contributed by atoms with Crippen LogP contribution in [0.4, 0.5) is 14.5 Å². The third-order valence-electron chi connectivity index (χ3n) is 6.32. The van der Waals surface area contributed by atoms with Crippen molar-refractivity contribution in [2.75, 3.05) is 11.5 Å². The summed E-state index contributed by atoms with van der Waals surface area (Å²) in [5.74, 6) is -1.33. The maximum atomic E-state index is 13.5. The minimum atomic E-state index is -0.840. The van der Waals surface area contributed by atoms with Gasteiger partial charge in [0, 0.05) is 5.69 Å². The summed E-state index contributed by atoms with van der Waals surface area (Å²) in [7, 11) is 0. The zero-order chi connectivity index (χ0) is 27.4. The summed E-state index contributed by atoms with van der Waals surface area (Å²) in [6.07, 6.45) is -0.128. The number of benzene rings is 3. The van der Waals surface area contributed by atoms with Crippen molar-refractivity contribution in [3.63, 3.8) is 0 Å². The molecule has 3 aromatic rings. The molecule has 1 aliphatic heterocycles. The highest BCUT2D eigenvalue weighted by Crippen LogP contribution is 2.46. The summed E-state index contributed by atoms with van der Waals surface area (Å²) < 4.78 is 37.6.